The largest absolute Gasteiger partial charge is 0.372 e. The molecule has 2 saturated heterocycles. The summed E-state index contributed by atoms with van der Waals surface area (Å²) in [7, 11) is 0. The summed E-state index contributed by atoms with van der Waals surface area (Å²) in [5.74, 6) is 0. The highest BCUT2D eigenvalue weighted by atomic mass is 16.5. The Bertz CT molecular complexity index is 239. The standard InChI is InChI=1S/C15H27NO/c1-2-6-13(16-11-5-1)12-14-7-10-15(17-14)8-3-4-9-15/h13-14,16H,1-12H2. The van der Waals surface area contributed by atoms with E-state index in [4.69, 9.17) is 4.74 Å². The maximum Gasteiger partial charge on any atom is 0.0687 e. The summed E-state index contributed by atoms with van der Waals surface area (Å²) in [6.07, 6.45) is 15.5. The van der Waals surface area contributed by atoms with Crippen LogP contribution in [0.2, 0.25) is 0 Å². The minimum atomic E-state index is 0.329. The first-order valence-corrected chi connectivity index (χ1v) is 7.78. The average Bonchev–Trinajstić information content (AvgIpc) is 2.86. The SMILES string of the molecule is C1CCNC(CC2CCC3(CCCC3)O2)CC1. The van der Waals surface area contributed by atoms with E-state index in [-0.39, 0.29) is 0 Å². The van der Waals surface area contributed by atoms with Crippen molar-refractivity contribution < 1.29 is 4.74 Å². The van der Waals surface area contributed by atoms with Crippen molar-refractivity contribution in [2.75, 3.05) is 6.54 Å². The molecule has 98 valence electrons. The smallest absolute Gasteiger partial charge is 0.0687 e. The maximum atomic E-state index is 6.41. The van der Waals surface area contributed by atoms with Gasteiger partial charge in [0.15, 0.2) is 0 Å². The number of nitrogens with one attached hydrogen (secondary N) is 1. The van der Waals surface area contributed by atoms with Gasteiger partial charge in [-0.05, 0) is 51.5 Å². The first kappa shape index (κ1) is 12.0. The molecule has 1 spiro atoms. The van der Waals surface area contributed by atoms with E-state index in [1.54, 1.807) is 0 Å². The third-order valence-corrected chi connectivity index (χ3v) is 5.06. The van der Waals surface area contributed by atoms with Gasteiger partial charge < -0.3 is 10.1 Å². The van der Waals surface area contributed by atoms with Gasteiger partial charge in [0.1, 0.15) is 0 Å². The zero-order valence-corrected chi connectivity index (χ0v) is 11.0. The van der Waals surface area contributed by atoms with Crippen LogP contribution in [0.25, 0.3) is 0 Å². The van der Waals surface area contributed by atoms with E-state index in [9.17, 15) is 0 Å². The molecule has 0 aromatic heterocycles. The van der Waals surface area contributed by atoms with Crippen LogP contribution in [0.5, 0.6) is 0 Å². The predicted molar refractivity (Wildman–Crippen MR) is 70.2 cm³/mol. The van der Waals surface area contributed by atoms with Crippen molar-refractivity contribution in [2.45, 2.75) is 88.4 Å². The predicted octanol–water partition coefficient (Wildman–Crippen LogP) is 3.40. The van der Waals surface area contributed by atoms with Crippen LogP contribution in [0.15, 0.2) is 0 Å². The van der Waals surface area contributed by atoms with Crippen molar-refractivity contribution in [2.24, 2.45) is 0 Å². The third-order valence-electron chi connectivity index (χ3n) is 5.06. The molecule has 0 bridgehead atoms. The Morgan fingerprint density at radius 2 is 1.82 bits per heavy atom. The Morgan fingerprint density at radius 3 is 2.71 bits per heavy atom. The van der Waals surface area contributed by atoms with E-state index in [2.05, 4.69) is 5.32 Å². The molecule has 2 aliphatic heterocycles. The highest BCUT2D eigenvalue weighted by Gasteiger charge is 2.42. The Balaban J connectivity index is 1.49. The van der Waals surface area contributed by atoms with Gasteiger partial charge in [-0.1, -0.05) is 25.7 Å². The van der Waals surface area contributed by atoms with Gasteiger partial charge in [0.05, 0.1) is 11.7 Å². The molecule has 3 aliphatic rings. The van der Waals surface area contributed by atoms with Crippen LogP contribution >= 0.6 is 0 Å². The van der Waals surface area contributed by atoms with Crippen LogP contribution in [-0.4, -0.2) is 24.3 Å². The summed E-state index contributed by atoms with van der Waals surface area (Å²) in [4.78, 5) is 0. The minimum Gasteiger partial charge on any atom is -0.372 e. The summed E-state index contributed by atoms with van der Waals surface area (Å²) in [6, 6.07) is 0.735. The molecule has 3 fully saturated rings. The van der Waals surface area contributed by atoms with Crippen molar-refractivity contribution >= 4 is 0 Å². The molecule has 17 heavy (non-hydrogen) atoms. The van der Waals surface area contributed by atoms with Crippen LogP contribution in [0.4, 0.5) is 0 Å². The van der Waals surface area contributed by atoms with Crippen molar-refractivity contribution in [3.05, 3.63) is 0 Å². The second-order valence-corrected chi connectivity index (χ2v) is 6.40. The molecule has 1 N–H and O–H groups in total. The molecule has 0 aromatic rings. The van der Waals surface area contributed by atoms with Gasteiger partial charge in [0.2, 0.25) is 0 Å². The van der Waals surface area contributed by atoms with Crippen molar-refractivity contribution in [1.82, 2.24) is 5.32 Å². The number of ether oxygens (including phenoxy) is 1. The zero-order chi connectivity index (χ0) is 11.6. The lowest BCUT2D eigenvalue weighted by Crippen LogP contribution is -2.33. The summed E-state index contributed by atoms with van der Waals surface area (Å²) >= 11 is 0. The minimum absolute atomic E-state index is 0.329. The Hall–Kier alpha value is -0.0800. The van der Waals surface area contributed by atoms with Gasteiger partial charge in [-0.2, -0.15) is 0 Å². The fourth-order valence-corrected chi connectivity index (χ4v) is 4.07. The Labute approximate surface area is 105 Å². The third kappa shape index (κ3) is 2.85. The molecular formula is C15H27NO. The summed E-state index contributed by atoms with van der Waals surface area (Å²) in [5, 5.41) is 3.71. The lowest BCUT2D eigenvalue weighted by Gasteiger charge is -2.26. The summed E-state index contributed by atoms with van der Waals surface area (Å²) in [6.45, 7) is 1.22. The van der Waals surface area contributed by atoms with E-state index in [0.717, 1.165) is 6.04 Å². The van der Waals surface area contributed by atoms with Gasteiger partial charge >= 0.3 is 0 Å². The maximum absolute atomic E-state index is 6.41. The molecule has 2 nitrogen and oxygen atoms in total. The Kier molecular flexibility index (Phi) is 3.72. The fourth-order valence-electron chi connectivity index (χ4n) is 4.07. The molecule has 2 unspecified atom stereocenters. The molecule has 1 aliphatic carbocycles. The van der Waals surface area contributed by atoms with Gasteiger partial charge in [0.25, 0.3) is 0 Å². The molecule has 2 heteroatoms. The lowest BCUT2D eigenvalue weighted by molar-refractivity contribution is -0.0420. The molecule has 2 atom stereocenters. The van der Waals surface area contributed by atoms with Crippen LogP contribution in [0.1, 0.15) is 70.6 Å². The van der Waals surface area contributed by atoms with Crippen LogP contribution < -0.4 is 5.32 Å². The molecule has 3 rings (SSSR count). The normalized spacial score (nSPS) is 37.4. The van der Waals surface area contributed by atoms with E-state index >= 15 is 0 Å². The topological polar surface area (TPSA) is 21.3 Å². The summed E-state index contributed by atoms with van der Waals surface area (Å²) in [5.41, 5.74) is 0.329. The average molecular weight is 237 g/mol. The van der Waals surface area contributed by atoms with Crippen LogP contribution in [-0.2, 0) is 4.74 Å². The monoisotopic (exact) mass is 237 g/mol. The van der Waals surface area contributed by atoms with Crippen molar-refractivity contribution in [1.29, 1.82) is 0 Å². The van der Waals surface area contributed by atoms with Gasteiger partial charge in [0, 0.05) is 6.04 Å². The van der Waals surface area contributed by atoms with Gasteiger partial charge in [-0.25, -0.2) is 0 Å². The molecule has 0 amide bonds. The molecule has 0 radical (unpaired) electrons. The van der Waals surface area contributed by atoms with E-state index in [1.807, 2.05) is 0 Å². The molecule has 2 heterocycles. The molecule has 0 aromatic carbocycles. The van der Waals surface area contributed by atoms with Crippen LogP contribution in [0, 0.1) is 0 Å². The van der Waals surface area contributed by atoms with Crippen molar-refractivity contribution in [3.8, 4) is 0 Å². The van der Waals surface area contributed by atoms with Crippen LogP contribution in [0.3, 0.4) is 0 Å². The van der Waals surface area contributed by atoms with Gasteiger partial charge in [-0.3, -0.25) is 0 Å². The quantitative estimate of drug-likeness (QED) is 0.795. The summed E-state index contributed by atoms with van der Waals surface area (Å²) < 4.78 is 6.41. The lowest BCUT2D eigenvalue weighted by atomic mass is 9.97. The second-order valence-electron chi connectivity index (χ2n) is 6.40. The Morgan fingerprint density at radius 1 is 0.941 bits per heavy atom. The molecule has 1 saturated carbocycles. The second kappa shape index (κ2) is 5.27. The number of rotatable bonds is 2. The molecular weight excluding hydrogens is 210 g/mol. The van der Waals surface area contributed by atoms with E-state index in [1.165, 1.54) is 77.2 Å². The van der Waals surface area contributed by atoms with Crippen molar-refractivity contribution in [3.63, 3.8) is 0 Å². The number of hydrogen-bond acceptors (Lipinski definition) is 2. The first-order chi connectivity index (χ1) is 8.36. The number of hydrogen-bond donors (Lipinski definition) is 1. The van der Waals surface area contributed by atoms with E-state index in [0.29, 0.717) is 11.7 Å². The van der Waals surface area contributed by atoms with E-state index < -0.39 is 0 Å². The fraction of sp³-hybridized carbons (Fsp3) is 1.00. The zero-order valence-electron chi connectivity index (χ0n) is 11.0. The highest BCUT2D eigenvalue weighted by molar-refractivity contribution is 4.93. The first-order valence-electron chi connectivity index (χ1n) is 7.78. The highest BCUT2D eigenvalue weighted by Crippen LogP contribution is 2.44. The van der Waals surface area contributed by atoms with Gasteiger partial charge in [-0.15, -0.1) is 0 Å².